The number of aromatic nitrogens is 6. The molecule has 25 heavy (non-hydrogen) atoms. The summed E-state index contributed by atoms with van der Waals surface area (Å²) >= 11 is 1.32. The number of carbonyl (C=O) groups excluding carboxylic acids is 1. The van der Waals surface area contributed by atoms with Crippen LogP contribution in [0.25, 0.3) is 0 Å². The number of likely N-dealkylation sites (tertiary alicyclic amines) is 1. The van der Waals surface area contributed by atoms with Gasteiger partial charge in [-0.15, -0.1) is 5.10 Å². The number of hydrogen-bond acceptors (Lipinski definition) is 9. The van der Waals surface area contributed by atoms with E-state index in [4.69, 9.17) is 9.47 Å². The van der Waals surface area contributed by atoms with Gasteiger partial charge in [-0.1, -0.05) is 11.8 Å². The van der Waals surface area contributed by atoms with E-state index in [1.54, 1.807) is 22.8 Å². The number of tetrazole rings is 1. The van der Waals surface area contributed by atoms with Crippen LogP contribution in [0.2, 0.25) is 0 Å². The highest BCUT2D eigenvalue weighted by Crippen LogP contribution is 2.20. The second-order valence-corrected chi connectivity index (χ2v) is 6.44. The average Bonchev–Trinajstić information content (AvgIpc) is 3.05. The number of rotatable bonds is 6. The predicted molar refractivity (Wildman–Crippen MR) is 88.3 cm³/mol. The van der Waals surface area contributed by atoms with Crippen molar-refractivity contribution in [1.82, 2.24) is 35.1 Å². The summed E-state index contributed by atoms with van der Waals surface area (Å²) in [5.41, 5.74) is 0. The smallest absolute Gasteiger partial charge is 0.235 e. The first-order valence-electron chi connectivity index (χ1n) is 7.81. The molecule has 1 amide bonds. The fourth-order valence-corrected chi connectivity index (χ4v) is 3.23. The second-order valence-electron chi connectivity index (χ2n) is 5.50. The molecule has 0 saturated carbocycles. The van der Waals surface area contributed by atoms with Crippen LogP contribution in [0.3, 0.4) is 0 Å². The second kappa shape index (κ2) is 8.10. The van der Waals surface area contributed by atoms with Gasteiger partial charge < -0.3 is 14.4 Å². The van der Waals surface area contributed by atoms with Crippen LogP contribution >= 0.6 is 11.8 Å². The van der Waals surface area contributed by atoms with Gasteiger partial charge in [-0.25, -0.2) is 4.68 Å². The molecule has 0 bridgehead atoms. The van der Waals surface area contributed by atoms with Crippen LogP contribution in [0.1, 0.15) is 12.8 Å². The summed E-state index contributed by atoms with van der Waals surface area (Å²) in [6.07, 6.45) is 4.69. The summed E-state index contributed by atoms with van der Waals surface area (Å²) in [5.74, 6) is 1.13. The van der Waals surface area contributed by atoms with Crippen molar-refractivity contribution in [3.8, 4) is 11.8 Å². The summed E-state index contributed by atoms with van der Waals surface area (Å²) in [5, 5.41) is 11.8. The van der Waals surface area contributed by atoms with E-state index in [-0.39, 0.29) is 12.0 Å². The predicted octanol–water partition coefficient (Wildman–Crippen LogP) is 0.171. The van der Waals surface area contributed by atoms with E-state index in [1.807, 2.05) is 0 Å². The Hall–Kier alpha value is -2.43. The lowest BCUT2D eigenvalue weighted by Gasteiger charge is -2.32. The standard InChI is InChI=1S/C14H19N7O3S/c1-20-14(17-18-19-20)25-9-13(22)21-5-3-4-10(8-21)24-12-7-15-6-11(16-12)23-2/h6-7,10H,3-5,8-9H2,1-2H3. The lowest BCUT2D eigenvalue weighted by Crippen LogP contribution is -2.45. The van der Waals surface area contributed by atoms with E-state index in [9.17, 15) is 4.79 Å². The third kappa shape index (κ3) is 4.56. The molecule has 1 saturated heterocycles. The van der Waals surface area contributed by atoms with Crippen LogP contribution < -0.4 is 9.47 Å². The molecule has 1 aliphatic rings. The molecule has 0 spiro atoms. The molecule has 10 nitrogen and oxygen atoms in total. The van der Waals surface area contributed by atoms with E-state index >= 15 is 0 Å². The highest BCUT2D eigenvalue weighted by Gasteiger charge is 2.25. The van der Waals surface area contributed by atoms with Crippen molar-refractivity contribution < 1.29 is 14.3 Å². The Labute approximate surface area is 148 Å². The van der Waals surface area contributed by atoms with E-state index in [0.29, 0.717) is 29.2 Å². The number of hydrogen-bond donors (Lipinski definition) is 0. The molecule has 3 rings (SSSR count). The molecule has 2 aromatic heterocycles. The minimum Gasteiger partial charge on any atom is -0.480 e. The van der Waals surface area contributed by atoms with Crippen LogP contribution in [0.15, 0.2) is 17.6 Å². The monoisotopic (exact) mass is 365 g/mol. The summed E-state index contributed by atoms with van der Waals surface area (Å²) in [6.45, 7) is 1.25. The van der Waals surface area contributed by atoms with E-state index in [1.165, 1.54) is 25.1 Å². The number of nitrogens with zero attached hydrogens (tertiary/aromatic N) is 7. The number of amides is 1. The summed E-state index contributed by atoms with van der Waals surface area (Å²) in [4.78, 5) is 22.5. The van der Waals surface area contributed by atoms with E-state index in [0.717, 1.165) is 19.4 Å². The van der Waals surface area contributed by atoms with Gasteiger partial charge in [0.05, 0.1) is 31.8 Å². The van der Waals surface area contributed by atoms with Crippen LogP contribution in [-0.4, -0.2) is 73.0 Å². The Morgan fingerprint density at radius 3 is 3.00 bits per heavy atom. The lowest BCUT2D eigenvalue weighted by molar-refractivity contribution is -0.130. The third-order valence-electron chi connectivity index (χ3n) is 3.72. The Morgan fingerprint density at radius 1 is 1.40 bits per heavy atom. The van der Waals surface area contributed by atoms with E-state index < -0.39 is 0 Å². The SMILES string of the molecule is COc1cncc(OC2CCCN(C(=O)CSc3nnnn3C)C2)n1. The molecule has 1 fully saturated rings. The van der Waals surface area contributed by atoms with Crippen LogP contribution in [-0.2, 0) is 11.8 Å². The van der Waals surface area contributed by atoms with Gasteiger partial charge in [0, 0.05) is 13.6 Å². The molecule has 1 aliphatic heterocycles. The number of piperidine rings is 1. The fourth-order valence-electron chi connectivity index (χ4n) is 2.48. The first-order valence-corrected chi connectivity index (χ1v) is 8.80. The van der Waals surface area contributed by atoms with Crippen molar-refractivity contribution in [2.45, 2.75) is 24.1 Å². The molecule has 1 unspecified atom stereocenters. The maximum Gasteiger partial charge on any atom is 0.235 e. The van der Waals surface area contributed by atoms with Gasteiger partial charge in [0.15, 0.2) is 0 Å². The number of ether oxygens (including phenoxy) is 2. The van der Waals surface area contributed by atoms with Crippen molar-refractivity contribution in [1.29, 1.82) is 0 Å². The van der Waals surface area contributed by atoms with Gasteiger partial charge in [-0.2, -0.15) is 4.98 Å². The quantitative estimate of drug-likeness (QED) is 0.662. The lowest BCUT2D eigenvalue weighted by atomic mass is 10.1. The zero-order chi connectivity index (χ0) is 17.6. The molecular formula is C14H19N7O3S. The summed E-state index contributed by atoms with van der Waals surface area (Å²) in [6, 6.07) is 0. The van der Waals surface area contributed by atoms with Gasteiger partial charge >= 0.3 is 0 Å². The highest BCUT2D eigenvalue weighted by molar-refractivity contribution is 7.99. The number of carbonyl (C=O) groups is 1. The van der Waals surface area contributed by atoms with Crippen molar-refractivity contribution in [2.75, 3.05) is 26.0 Å². The molecule has 11 heteroatoms. The number of methoxy groups -OCH3 is 1. The van der Waals surface area contributed by atoms with Crippen molar-refractivity contribution >= 4 is 17.7 Å². The molecule has 1 atom stereocenters. The Morgan fingerprint density at radius 2 is 2.24 bits per heavy atom. The summed E-state index contributed by atoms with van der Waals surface area (Å²) < 4.78 is 12.4. The van der Waals surface area contributed by atoms with Crippen LogP contribution in [0, 0.1) is 0 Å². The van der Waals surface area contributed by atoms with Gasteiger partial charge in [0.2, 0.25) is 22.8 Å². The Balaban J connectivity index is 1.53. The maximum atomic E-state index is 12.4. The molecule has 134 valence electrons. The zero-order valence-electron chi connectivity index (χ0n) is 14.0. The topological polar surface area (TPSA) is 108 Å². The average molecular weight is 365 g/mol. The van der Waals surface area contributed by atoms with Gasteiger partial charge in [0.1, 0.15) is 6.10 Å². The molecule has 3 heterocycles. The third-order valence-corrected chi connectivity index (χ3v) is 4.72. The molecule has 0 aromatic carbocycles. The van der Waals surface area contributed by atoms with E-state index in [2.05, 4.69) is 25.5 Å². The normalized spacial score (nSPS) is 17.4. The molecular weight excluding hydrogens is 346 g/mol. The summed E-state index contributed by atoms with van der Waals surface area (Å²) in [7, 11) is 3.27. The first kappa shape index (κ1) is 17.4. The number of aryl methyl sites for hydroxylation is 1. The maximum absolute atomic E-state index is 12.4. The van der Waals surface area contributed by atoms with Crippen LogP contribution in [0.4, 0.5) is 0 Å². The van der Waals surface area contributed by atoms with Gasteiger partial charge in [0.25, 0.3) is 0 Å². The van der Waals surface area contributed by atoms with Gasteiger partial charge in [-0.3, -0.25) is 9.78 Å². The minimum atomic E-state index is -0.111. The molecule has 2 aromatic rings. The molecule has 0 N–H and O–H groups in total. The number of thioether (sulfide) groups is 1. The fraction of sp³-hybridized carbons (Fsp3) is 0.571. The zero-order valence-corrected chi connectivity index (χ0v) is 14.8. The molecule has 0 radical (unpaired) electrons. The van der Waals surface area contributed by atoms with Gasteiger partial charge in [-0.05, 0) is 23.3 Å². The first-order chi connectivity index (χ1) is 12.2. The minimum absolute atomic E-state index is 0.0398. The Bertz CT molecular complexity index is 726. The largest absolute Gasteiger partial charge is 0.480 e. The van der Waals surface area contributed by atoms with Crippen molar-refractivity contribution in [2.24, 2.45) is 7.05 Å². The molecule has 0 aliphatic carbocycles. The highest BCUT2D eigenvalue weighted by atomic mass is 32.2. The van der Waals surface area contributed by atoms with Crippen molar-refractivity contribution in [3.05, 3.63) is 12.4 Å². The van der Waals surface area contributed by atoms with Crippen molar-refractivity contribution in [3.63, 3.8) is 0 Å². The van der Waals surface area contributed by atoms with Crippen LogP contribution in [0.5, 0.6) is 11.8 Å². The Kier molecular flexibility index (Phi) is 5.64.